The van der Waals surface area contributed by atoms with Crippen molar-refractivity contribution in [3.8, 4) is 0 Å². The van der Waals surface area contributed by atoms with Gasteiger partial charge in [0, 0.05) is 0 Å². The molecule has 0 rings (SSSR count). The van der Waals surface area contributed by atoms with Gasteiger partial charge in [-0.2, -0.15) is 26.3 Å². The maximum Gasteiger partial charge on any atom is 0.438 e. The molecule has 0 saturated heterocycles. The van der Waals surface area contributed by atoms with Crippen molar-refractivity contribution in [2.24, 2.45) is 10.3 Å². The van der Waals surface area contributed by atoms with E-state index >= 15 is 0 Å². The molecule has 82 valence electrons. The summed E-state index contributed by atoms with van der Waals surface area (Å²) in [7, 11) is 0. The molecule has 2 N–H and O–H groups in total. The summed E-state index contributed by atoms with van der Waals surface area (Å²) < 4.78 is 70.2. The number of halogens is 6. The zero-order valence-electron chi connectivity index (χ0n) is 6.06. The summed E-state index contributed by atoms with van der Waals surface area (Å²) in [6.07, 6.45) is -11.1. The predicted molar refractivity (Wildman–Crippen MR) is 30.6 cm³/mol. The minimum Gasteiger partial charge on any atom is -0.410 e. The molecule has 0 aromatic heterocycles. The largest absolute Gasteiger partial charge is 0.438 e. The molecule has 10 heteroatoms. The first kappa shape index (κ1) is 12.5. The van der Waals surface area contributed by atoms with Crippen LogP contribution >= 0.6 is 0 Å². The average molecular weight is 224 g/mol. The fourth-order valence-corrected chi connectivity index (χ4v) is 0.477. The summed E-state index contributed by atoms with van der Waals surface area (Å²) >= 11 is 0. The van der Waals surface area contributed by atoms with Crippen LogP contribution in [-0.4, -0.2) is 34.2 Å². The summed E-state index contributed by atoms with van der Waals surface area (Å²) in [6.45, 7) is 0. The van der Waals surface area contributed by atoms with Crippen LogP contribution in [0.4, 0.5) is 26.3 Å². The Balaban J connectivity index is 5.27. The molecule has 0 spiro atoms. The molecule has 0 aromatic carbocycles. The first-order chi connectivity index (χ1) is 6.14. The molecule has 0 unspecified atom stereocenters. The van der Waals surface area contributed by atoms with Crippen molar-refractivity contribution in [2.75, 3.05) is 0 Å². The molecule has 0 bridgehead atoms. The summed E-state index contributed by atoms with van der Waals surface area (Å²) in [4.78, 5) is 0. The topological polar surface area (TPSA) is 65.2 Å². The Bertz CT molecular complexity index is 236. The van der Waals surface area contributed by atoms with Crippen molar-refractivity contribution < 1.29 is 36.8 Å². The number of hydrogen-bond acceptors (Lipinski definition) is 4. The van der Waals surface area contributed by atoms with Crippen molar-refractivity contribution in [1.82, 2.24) is 0 Å². The average Bonchev–Trinajstić information content (AvgIpc) is 1.94. The minimum absolute atomic E-state index is 1.38. The highest BCUT2D eigenvalue weighted by molar-refractivity contribution is 6.46. The van der Waals surface area contributed by atoms with Crippen molar-refractivity contribution >= 4 is 11.4 Å². The molecule has 0 amide bonds. The Morgan fingerprint density at radius 2 is 0.929 bits per heavy atom. The van der Waals surface area contributed by atoms with Gasteiger partial charge in [0.15, 0.2) is 0 Å². The molecule has 14 heavy (non-hydrogen) atoms. The van der Waals surface area contributed by atoms with Gasteiger partial charge in [-0.25, -0.2) is 0 Å². The van der Waals surface area contributed by atoms with Crippen LogP contribution in [0.25, 0.3) is 0 Å². The van der Waals surface area contributed by atoms with E-state index in [0.717, 1.165) is 0 Å². The number of oxime groups is 2. The van der Waals surface area contributed by atoms with Gasteiger partial charge in [0.25, 0.3) is 0 Å². The molecule has 0 radical (unpaired) electrons. The van der Waals surface area contributed by atoms with Gasteiger partial charge in [-0.3, -0.25) is 0 Å². The summed E-state index contributed by atoms with van der Waals surface area (Å²) in [5.41, 5.74) is -5.43. The fraction of sp³-hybridized carbons (Fsp3) is 0.500. The third-order valence-electron chi connectivity index (χ3n) is 0.961. The normalized spacial score (nSPS) is 15.9. The molecule has 0 saturated carbocycles. The molecule has 0 aliphatic carbocycles. The van der Waals surface area contributed by atoms with Crippen LogP contribution in [0.1, 0.15) is 0 Å². The van der Waals surface area contributed by atoms with E-state index in [1.807, 2.05) is 0 Å². The number of hydrogen-bond donors (Lipinski definition) is 2. The van der Waals surface area contributed by atoms with Gasteiger partial charge < -0.3 is 10.4 Å². The van der Waals surface area contributed by atoms with Crippen molar-refractivity contribution in [3.63, 3.8) is 0 Å². The lowest BCUT2D eigenvalue weighted by atomic mass is 10.2. The Morgan fingerprint density at radius 3 is 1.00 bits per heavy atom. The van der Waals surface area contributed by atoms with E-state index in [2.05, 4.69) is 0 Å². The molecule has 4 nitrogen and oxygen atoms in total. The molecule has 0 aromatic rings. The predicted octanol–water partition coefficient (Wildman–Crippen LogP) is 1.77. The molecule has 0 atom stereocenters. The molecule has 0 aliphatic heterocycles. The van der Waals surface area contributed by atoms with E-state index in [0.29, 0.717) is 0 Å². The number of nitrogens with zero attached hydrogens (tertiary/aromatic N) is 2. The van der Waals surface area contributed by atoms with Crippen LogP contribution in [0.5, 0.6) is 0 Å². The first-order valence-electron chi connectivity index (χ1n) is 2.73. The minimum atomic E-state index is -5.56. The summed E-state index contributed by atoms with van der Waals surface area (Å²) in [5, 5.41) is 18.2. The monoisotopic (exact) mass is 224 g/mol. The lowest BCUT2D eigenvalue weighted by molar-refractivity contribution is -0.0738. The number of rotatable bonds is 1. The summed E-state index contributed by atoms with van der Waals surface area (Å²) in [5.74, 6) is 0. The van der Waals surface area contributed by atoms with Gasteiger partial charge in [-0.15, -0.1) is 0 Å². The molecular formula is C4H2F6N2O2. The Labute approximate surface area is 72.1 Å². The third-order valence-corrected chi connectivity index (χ3v) is 0.961. The highest BCUT2D eigenvalue weighted by Gasteiger charge is 2.51. The van der Waals surface area contributed by atoms with Crippen LogP contribution in [0, 0.1) is 0 Å². The highest BCUT2D eigenvalue weighted by atomic mass is 19.4. The molecule has 0 aliphatic rings. The van der Waals surface area contributed by atoms with E-state index in [-0.39, 0.29) is 0 Å². The Kier molecular flexibility index (Phi) is 3.32. The Hall–Kier alpha value is -1.48. The quantitative estimate of drug-likeness (QED) is 0.308. The van der Waals surface area contributed by atoms with Crippen LogP contribution < -0.4 is 0 Å². The van der Waals surface area contributed by atoms with Crippen LogP contribution in [0.3, 0.4) is 0 Å². The molecule has 0 heterocycles. The molecular weight excluding hydrogens is 222 g/mol. The van der Waals surface area contributed by atoms with E-state index in [4.69, 9.17) is 10.4 Å². The molecule has 0 fully saturated rings. The maximum absolute atomic E-state index is 11.7. The van der Waals surface area contributed by atoms with E-state index < -0.39 is 23.8 Å². The van der Waals surface area contributed by atoms with Gasteiger partial charge in [-0.1, -0.05) is 10.3 Å². The Morgan fingerprint density at radius 1 is 0.714 bits per heavy atom. The standard InChI is InChI=1S/C4H2F6N2O2/c5-3(6,7)1(11-13)2(12-14)4(8,9)10/h13-14H/b11-1-,12-2-. The van der Waals surface area contributed by atoms with Crippen molar-refractivity contribution in [2.45, 2.75) is 12.4 Å². The second-order valence-corrected chi connectivity index (χ2v) is 1.89. The van der Waals surface area contributed by atoms with Gasteiger partial charge in [0.2, 0.25) is 11.4 Å². The van der Waals surface area contributed by atoms with Crippen LogP contribution in [-0.2, 0) is 0 Å². The highest BCUT2D eigenvalue weighted by Crippen LogP contribution is 2.26. The zero-order chi connectivity index (χ0) is 11.6. The van der Waals surface area contributed by atoms with Gasteiger partial charge in [-0.05, 0) is 0 Å². The second-order valence-electron chi connectivity index (χ2n) is 1.89. The lowest BCUT2D eigenvalue weighted by Crippen LogP contribution is -2.40. The van der Waals surface area contributed by atoms with Crippen LogP contribution in [0.15, 0.2) is 10.3 Å². The summed E-state index contributed by atoms with van der Waals surface area (Å²) in [6, 6.07) is 0. The fourth-order valence-electron chi connectivity index (χ4n) is 0.477. The lowest BCUT2D eigenvalue weighted by Gasteiger charge is -2.11. The van der Waals surface area contributed by atoms with Gasteiger partial charge in [0.1, 0.15) is 0 Å². The SMILES string of the molecule is O/N=C(/C(=N/O)C(F)(F)F)C(F)(F)F. The van der Waals surface area contributed by atoms with E-state index in [9.17, 15) is 26.3 Å². The third kappa shape index (κ3) is 2.78. The van der Waals surface area contributed by atoms with Gasteiger partial charge in [0.05, 0.1) is 0 Å². The van der Waals surface area contributed by atoms with Crippen LogP contribution in [0.2, 0.25) is 0 Å². The van der Waals surface area contributed by atoms with Gasteiger partial charge >= 0.3 is 12.4 Å². The number of alkyl halides is 6. The first-order valence-corrected chi connectivity index (χ1v) is 2.73. The van der Waals surface area contributed by atoms with E-state index in [1.54, 1.807) is 0 Å². The zero-order valence-corrected chi connectivity index (χ0v) is 6.06. The van der Waals surface area contributed by atoms with Crippen molar-refractivity contribution in [3.05, 3.63) is 0 Å². The van der Waals surface area contributed by atoms with Crippen molar-refractivity contribution in [1.29, 1.82) is 0 Å². The maximum atomic E-state index is 11.7. The van der Waals surface area contributed by atoms with E-state index in [1.165, 1.54) is 10.3 Å². The second kappa shape index (κ2) is 3.72. The smallest absolute Gasteiger partial charge is 0.410 e.